The summed E-state index contributed by atoms with van der Waals surface area (Å²) in [6.07, 6.45) is 3.71. The molecule has 1 saturated heterocycles. The van der Waals surface area contributed by atoms with Crippen molar-refractivity contribution in [2.75, 3.05) is 5.32 Å². The molecule has 1 heterocycles. The molecule has 0 spiro atoms. The average Bonchev–Trinajstić information content (AvgIpc) is 2.37. The molecule has 2 N–H and O–H groups in total. The van der Waals surface area contributed by atoms with Crippen molar-refractivity contribution < 1.29 is 0 Å². The molecule has 1 aliphatic heterocycles. The van der Waals surface area contributed by atoms with Crippen LogP contribution in [-0.4, -0.2) is 22.2 Å². The fraction of sp³-hybridized carbons (Fsp3) is 0.500. The highest BCUT2D eigenvalue weighted by Gasteiger charge is 2.25. The summed E-state index contributed by atoms with van der Waals surface area (Å²) in [5, 5.41) is 6.77. The minimum Gasteiger partial charge on any atom is -0.332 e. The van der Waals surface area contributed by atoms with Crippen LogP contribution in [-0.2, 0) is 0 Å². The number of thiocarbonyl (C=S) groups is 1. The van der Waals surface area contributed by atoms with Gasteiger partial charge in [0.1, 0.15) is 0 Å². The Hall–Kier alpha value is -0.840. The van der Waals surface area contributed by atoms with Crippen molar-refractivity contribution >= 4 is 34.6 Å². The maximum atomic E-state index is 5.86. The molecule has 1 aliphatic rings. The monoisotopic (exact) mass is 297 g/mol. The quantitative estimate of drug-likeness (QED) is 0.812. The Balaban J connectivity index is 1.91. The van der Waals surface area contributed by atoms with Crippen molar-refractivity contribution in [1.82, 2.24) is 10.4 Å². The van der Waals surface area contributed by atoms with Crippen LogP contribution in [0.25, 0.3) is 0 Å². The standard InChI is InChI=1S/C14H20ClN3S/c1-10-4-3-5-11(2)18(10)17-14(19)16-13-8-6-12(15)7-9-13/h6-11H,3-5H2,1-2H3,(H2,16,17,19)/t10-,11-/m0/s1. The van der Waals surface area contributed by atoms with Gasteiger partial charge in [0, 0.05) is 22.8 Å². The maximum Gasteiger partial charge on any atom is 0.185 e. The Morgan fingerprint density at radius 2 is 1.79 bits per heavy atom. The number of nitrogens with zero attached hydrogens (tertiary/aromatic N) is 1. The zero-order valence-corrected chi connectivity index (χ0v) is 12.9. The highest BCUT2D eigenvalue weighted by molar-refractivity contribution is 7.80. The van der Waals surface area contributed by atoms with Crippen molar-refractivity contribution in [3.63, 3.8) is 0 Å². The summed E-state index contributed by atoms with van der Waals surface area (Å²) in [5.41, 5.74) is 4.25. The molecule has 1 fully saturated rings. The number of hydrazine groups is 1. The van der Waals surface area contributed by atoms with Crippen molar-refractivity contribution in [2.45, 2.75) is 45.2 Å². The van der Waals surface area contributed by atoms with Gasteiger partial charge in [0.25, 0.3) is 0 Å². The first-order chi connectivity index (χ1) is 9.06. The number of hydrogen-bond acceptors (Lipinski definition) is 2. The third-order valence-corrected chi connectivity index (χ3v) is 3.97. The van der Waals surface area contributed by atoms with E-state index in [2.05, 4.69) is 29.6 Å². The number of anilines is 1. The van der Waals surface area contributed by atoms with Gasteiger partial charge in [-0.3, -0.25) is 5.43 Å². The van der Waals surface area contributed by atoms with E-state index in [1.807, 2.05) is 24.3 Å². The van der Waals surface area contributed by atoms with Crippen molar-refractivity contribution in [2.24, 2.45) is 0 Å². The molecule has 104 valence electrons. The number of benzene rings is 1. The van der Waals surface area contributed by atoms with Crippen LogP contribution in [0.2, 0.25) is 5.02 Å². The fourth-order valence-corrected chi connectivity index (χ4v) is 2.80. The van der Waals surface area contributed by atoms with Crippen LogP contribution < -0.4 is 10.7 Å². The van der Waals surface area contributed by atoms with Crippen molar-refractivity contribution in [3.8, 4) is 0 Å². The minimum atomic E-state index is 0.508. The lowest BCUT2D eigenvalue weighted by atomic mass is 10.00. The van der Waals surface area contributed by atoms with Gasteiger partial charge in [-0.15, -0.1) is 0 Å². The second-order valence-corrected chi connectivity index (χ2v) is 5.95. The molecule has 0 unspecified atom stereocenters. The zero-order valence-electron chi connectivity index (χ0n) is 11.3. The molecule has 0 bridgehead atoms. The fourth-order valence-electron chi connectivity index (χ4n) is 2.45. The predicted molar refractivity (Wildman–Crippen MR) is 85.4 cm³/mol. The molecule has 5 heteroatoms. The van der Waals surface area contributed by atoms with Crippen LogP contribution >= 0.6 is 23.8 Å². The smallest absolute Gasteiger partial charge is 0.185 e. The van der Waals surface area contributed by atoms with Crippen molar-refractivity contribution in [1.29, 1.82) is 0 Å². The average molecular weight is 298 g/mol. The molecule has 0 saturated carbocycles. The van der Waals surface area contributed by atoms with Crippen LogP contribution in [0.1, 0.15) is 33.1 Å². The number of nitrogens with one attached hydrogen (secondary N) is 2. The molecule has 1 aromatic carbocycles. The molecule has 2 rings (SSSR count). The SMILES string of the molecule is C[C@H]1CCC[C@H](C)N1NC(=S)Nc1ccc(Cl)cc1. The van der Waals surface area contributed by atoms with Crippen LogP contribution in [0, 0.1) is 0 Å². The lowest BCUT2D eigenvalue weighted by molar-refractivity contribution is 0.0750. The lowest BCUT2D eigenvalue weighted by Crippen LogP contribution is -2.55. The Labute approximate surface area is 125 Å². The van der Waals surface area contributed by atoms with E-state index in [4.69, 9.17) is 23.8 Å². The largest absolute Gasteiger partial charge is 0.332 e. The zero-order chi connectivity index (χ0) is 13.8. The number of piperidine rings is 1. The van der Waals surface area contributed by atoms with E-state index in [-0.39, 0.29) is 0 Å². The molecule has 2 atom stereocenters. The number of rotatable bonds is 2. The molecular weight excluding hydrogens is 278 g/mol. The molecule has 0 aromatic heterocycles. The van der Waals surface area contributed by atoms with Gasteiger partial charge < -0.3 is 5.32 Å². The van der Waals surface area contributed by atoms with Gasteiger partial charge in [0.2, 0.25) is 0 Å². The molecular formula is C14H20ClN3S. The highest BCUT2D eigenvalue weighted by Crippen LogP contribution is 2.20. The minimum absolute atomic E-state index is 0.508. The van der Waals surface area contributed by atoms with E-state index < -0.39 is 0 Å². The first-order valence-electron chi connectivity index (χ1n) is 6.68. The van der Waals surface area contributed by atoms with Gasteiger partial charge in [-0.05, 0) is 63.2 Å². The second-order valence-electron chi connectivity index (χ2n) is 5.11. The Kier molecular flexibility index (Phi) is 5.02. The van der Waals surface area contributed by atoms with E-state index in [9.17, 15) is 0 Å². The van der Waals surface area contributed by atoms with E-state index in [0.717, 1.165) is 10.7 Å². The summed E-state index contributed by atoms with van der Waals surface area (Å²) in [4.78, 5) is 0. The summed E-state index contributed by atoms with van der Waals surface area (Å²) >= 11 is 11.2. The predicted octanol–water partition coefficient (Wildman–Crippen LogP) is 3.80. The summed E-state index contributed by atoms with van der Waals surface area (Å²) in [6.45, 7) is 4.46. The van der Waals surface area contributed by atoms with Crippen molar-refractivity contribution in [3.05, 3.63) is 29.3 Å². The first kappa shape index (κ1) is 14.6. The molecule has 0 radical (unpaired) electrons. The molecule has 0 aliphatic carbocycles. The van der Waals surface area contributed by atoms with Gasteiger partial charge >= 0.3 is 0 Å². The second kappa shape index (κ2) is 6.55. The number of hydrogen-bond donors (Lipinski definition) is 2. The highest BCUT2D eigenvalue weighted by atomic mass is 35.5. The molecule has 1 aromatic rings. The van der Waals surface area contributed by atoms with E-state index >= 15 is 0 Å². The van der Waals surface area contributed by atoms with Crippen LogP contribution in [0.3, 0.4) is 0 Å². The Morgan fingerprint density at radius 3 is 2.37 bits per heavy atom. The third-order valence-electron chi connectivity index (χ3n) is 3.53. The molecule has 19 heavy (non-hydrogen) atoms. The van der Waals surface area contributed by atoms with E-state index in [1.54, 1.807) is 0 Å². The Morgan fingerprint density at radius 1 is 1.21 bits per heavy atom. The van der Waals surface area contributed by atoms with Gasteiger partial charge in [-0.25, -0.2) is 5.01 Å². The Bertz CT molecular complexity index is 425. The molecule has 0 amide bonds. The molecule has 3 nitrogen and oxygen atoms in total. The first-order valence-corrected chi connectivity index (χ1v) is 7.46. The topological polar surface area (TPSA) is 27.3 Å². The lowest BCUT2D eigenvalue weighted by Gasteiger charge is -2.39. The van der Waals surface area contributed by atoms with E-state index in [1.165, 1.54) is 19.3 Å². The van der Waals surface area contributed by atoms with Crippen LogP contribution in [0.15, 0.2) is 24.3 Å². The van der Waals surface area contributed by atoms with Crippen LogP contribution in [0.4, 0.5) is 5.69 Å². The van der Waals surface area contributed by atoms with Gasteiger partial charge in [-0.1, -0.05) is 18.0 Å². The normalized spacial score (nSPS) is 23.9. The van der Waals surface area contributed by atoms with E-state index in [0.29, 0.717) is 17.2 Å². The summed E-state index contributed by atoms with van der Waals surface area (Å²) < 4.78 is 0. The summed E-state index contributed by atoms with van der Waals surface area (Å²) in [6, 6.07) is 8.54. The summed E-state index contributed by atoms with van der Waals surface area (Å²) in [7, 11) is 0. The van der Waals surface area contributed by atoms with Crippen LogP contribution in [0.5, 0.6) is 0 Å². The van der Waals surface area contributed by atoms with Gasteiger partial charge in [-0.2, -0.15) is 0 Å². The third kappa shape index (κ3) is 4.06. The van der Waals surface area contributed by atoms with Gasteiger partial charge in [0.15, 0.2) is 5.11 Å². The maximum absolute atomic E-state index is 5.86. The summed E-state index contributed by atoms with van der Waals surface area (Å²) in [5.74, 6) is 0. The number of halogens is 1. The van der Waals surface area contributed by atoms with Gasteiger partial charge in [0.05, 0.1) is 0 Å².